The molecule has 0 aliphatic rings. The van der Waals surface area contributed by atoms with Crippen LogP contribution in [-0.2, 0) is 16.7 Å². The number of nitrogens with zero attached hydrogens (tertiary/aromatic N) is 1. The highest BCUT2D eigenvalue weighted by Crippen LogP contribution is 2.32. The maximum Gasteiger partial charge on any atom is 0.416 e. The number of halogens is 3. The van der Waals surface area contributed by atoms with Crippen molar-refractivity contribution in [1.82, 2.24) is 5.16 Å². The first kappa shape index (κ1) is 20.8. The summed E-state index contributed by atoms with van der Waals surface area (Å²) in [5.74, 6) is 0.509. The molecule has 1 aromatic heterocycles. The molecule has 0 radical (unpaired) electrons. The van der Waals surface area contributed by atoms with Crippen molar-refractivity contribution < 1.29 is 32.3 Å². The normalized spacial score (nSPS) is 11.4. The SMILES string of the molecule is Cc1cc(SCc2cc(-c3ccc(C(F)(F)F)cc3)no2)ccc1OCC(=O)O. The van der Waals surface area contributed by atoms with Gasteiger partial charge in [0.1, 0.15) is 17.2 Å². The van der Waals surface area contributed by atoms with Crippen molar-refractivity contribution in [2.45, 2.75) is 23.7 Å². The number of thioether (sulfide) groups is 1. The van der Waals surface area contributed by atoms with Gasteiger partial charge in [0.25, 0.3) is 0 Å². The molecule has 2 aromatic carbocycles. The van der Waals surface area contributed by atoms with Gasteiger partial charge in [-0.15, -0.1) is 11.8 Å². The summed E-state index contributed by atoms with van der Waals surface area (Å²) in [6.07, 6.45) is -4.38. The van der Waals surface area contributed by atoms with Gasteiger partial charge in [-0.2, -0.15) is 13.2 Å². The quantitative estimate of drug-likeness (QED) is 0.511. The van der Waals surface area contributed by atoms with Gasteiger partial charge in [0.05, 0.1) is 11.3 Å². The Morgan fingerprint density at radius 3 is 2.52 bits per heavy atom. The van der Waals surface area contributed by atoms with Gasteiger partial charge in [-0.1, -0.05) is 17.3 Å². The van der Waals surface area contributed by atoms with Crippen molar-refractivity contribution in [3.05, 3.63) is 65.4 Å². The second kappa shape index (κ2) is 8.60. The van der Waals surface area contributed by atoms with Crippen LogP contribution in [0.15, 0.2) is 57.9 Å². The Bertz CT molecular complexity index is 1000. The fourth-order valence-corrected chi connectivity index (χ4v) is 3.38. The third kappa shape index (κ3) is 5.54. The van der Waals surface area contributed by atoms with Crippen molar-refractivity contribution in [2.24, 2.45) is 0 Å². The molecule has 3 rings (SSSR count). The van der Waals surface area contributed by atoms with Crippen LogP contribution in [0.2, 0.25) is 0 Å². The molecule has 1 heterocycles. The first-order chi connectivity index (χ1) is 13.7. The summed E-state index contributed by atoms with van der Waals surface area (Å²) in [5.41, 5.74) is 1.09. The summed E-state index contributed by atoms with van der Waals surface area (Å²) in [7, 11) is 0. The van der Waals surface area contributed by atoms with Crippen molar-refractivity contribution >= 4 is 17.7 Å². The standard InChI is InChI=1S/C20H16F3NO4S/c1-12-8-16(6-7-18(12)27-10-19(25)26)29-11-15-9-17(24-28-15)13-2-4-14(5-3-13)20(21,22)23/h2-9H,10-11H2,1H3,(H,25,26). The predicted molar refractivity (Wildman–Crippen MR) is 101 cm³/mol. The molecule has 0 atom stereocenters. The Morgan fingerprint density at radius 2 is 1.90 bits per heavy atom. The first-order valence-corrected chi connectivity index (χ1v) is 9.42. The largest absolute Gasteiger partial charge is 0.482 e. The smallest absolute Gasteiger partial charge is 0.416 e. The van der Waals surface area contributed by atoms with Crippen molar-refractivity contribution in [2.75, 3.05) is 6.61 Å². The molecule has 0 aliphatic heterocycles. The highest BCUT2D eigenvalue weighted by Gasteiger charge is 2.30. The molecule has 0 saturated carbocycles. The minimum absolute atomic E-state index is 0.405. The van der Waals surface area contributed by atoms with E-state index < -0.39 is 24.3 Å². The maximum atomic E-state index is 12.6. The number of ether oxygens (including phenoxy) is 1. The van der Waals surface area contributed by atoms with Crippen LogP contribution in [0.25, 0.3) is 11.3 Å². The number of carboxylic acid groups (broad SMARTS) is 1. The minimum Gasteiger partial charge on any atom is -0.482 e. The lowest BCUT2D eigenvalue weighted by Gasteiger charge is -2.08. The molecule has 9 heteroatoms. The molecule has 0 aliphatic carbocycles. The zero-order valence-corrected chi connectivity index (χ0v) is 16.0. The van der Waals surface area contributed by atoms with Gasteiger partial charge in [-0.05, 0) is 42.8 Å². The lowest BCUT2D eigenvalue weighted by atomic mass is 10.1. The summed E-state index contributed by atoms with van der Waals surface area (Å²) in [5, 5.41) is 12.6. The average molecular weight is 423 g/mol. The van der Waals surface area contributed by atoms with E-state index in [4.69, 9.17) is 14.4 Å². The fraction of sp³-hybridized carbons (Fsp3) is 0.200. The van der Waals surface area contributed by atoms with Gasteiger partial charge < -0.3 is 14.4 Å². The third-order valence-corrected chi connectivity index (χ3v) is 4.96. The number of carboxylic acids is 1. The number of carbonyl (C=O) groups is 1. The topological polar surface area (TPSA) is 72.6 Å². The van der Waals surface area contributed by atoms with Crippen LogP contribution < -0.4 is 4.74 Å². The molecule has 0 fully saturated rings. The van der Waals surface area contributed by atoms with Crippen molar-refractivity contribution in [3.63, 3.8) is 0 Å². The monoisotopic (exact) mass is 423 g/mol. The van der Waals surface area contributed by atoms with E-state index in [2.05, 4.69) is 5.16 Å². The Balaban J connectivity index is 1.62. The van der Waals surface area contributed by atoms with Crippen LogP contribution >= 0.6 is 11.8 Å². The summed E-state index contributed by atoms with van der Waals surface area (Å²) >= 11 is 1.48. The van der Waals surface area contributed by atoms with Gasteiger partial charge >= 0.3 is 12.1 Å². The van der Waals surface area contributed by atoms with E-state index in [1.54, 1.807) is 12.1 Å². The molecular formula is C20H16F3NO4S. The van der Waals surface area contributed by atoms with Crippen LogP contribution in [0.5, 0.6) is 5.75 Å². The molecule has 0 amide bonds. The van der Waals surface area contributed by atoms with Crippen molar-refractivity contribution in [1.29, 1.82) is 0 Å². The van der Waals surface area contributed by atoms with E-state index in [1.807, 2.05) is 19.1 Å². The molecule has 3 aromatic rings. The summed E-state index contributed by atoms with van der Waals surface area (Å²) in [6, 6.07) is 11.8. The zero-order valence-electron chi connectivity index (χ0n) is 15.2. The molecule has 0 bridgehead atoms. The number of hydrogen-bond donors (Lipinski definition) is 1. The molecule has 152 valence electrons. The number of alkyl halides is 3. The van der Waals surface area contributed by atoms with E-state index in [1.165, 1.54) is 23.9 Å². The molecule has 0 saturated heterocycles. The van der Waals surface area contributed by atoms with Crippen LogP contribution in [0.1, 0.15) is 16.9 Å². The maximum absolute atomic E-state index is 12.6. The second-order valence-corrected chi connectivity index (χ2v) is 7.20. The highest BCUT2D eigenvalue weighted by atomic mass is 32.2. The zero-order chi connectivity index (χ0) is 21.0. The number of aromatic nitrogens is 1. The number of aryl methyl sites for hydroxylation is 1. The number of hydrogen-bond acceptors (Lipinski definition) is 5. The number of aliphatic carboxylic acids is 1. The molecule has 0 spiro atoms. The van der Waals surface area contributed by atoms with Crippen LogP contribution in [-0.4, -0.2) is 22.8 Å². The van der Waals surface area contributed by atoms with Gasteiger partial charge in [-0.25, -0.2) is 4.79 Å². The lowest BCUT2D eigenvalue weighted by Crippen LogP contribution is -2.09. The second-order valence-electron chi connectivity index (χ2n) is 6.15. The predicted octanol–water partition coefficient (Wildman–Crippen LogP) is 5.42. The van der Waals surface area contributed by atoms with Crippen molar-refractivity contribution in [3.8, 4) is 17.0 Å². The van der Waals surface area contributed by atoms with E-state index in [-0.39, 0.29) is 0 Å². The molecule has 5 nitrogen and oxygen atoms in total. The fourth-order valence-electron chi connectivity index (χ4n) is 2.51. The lowest BCUT2D eigenvalue weighted by molar-refractivity contribution is -0.139. The Labute approximate surface area is 168 Å². The third-order valence-electron chi connectivity index (χ3n) is 3.95. The van der Waals surface area contributed by atoms with E-state index in [0.29, 0.717) is 28.5 Å². The van der Waals surface area contributed by atoms with Crippen LogP contribution in [0.3, 0.4) is 0 Å². The molecular weight excluding hydrogens is 407 g/mol. The van der Waals surface area contributed by atoms with Crippen LogP contribution in [0.4, 0.5) is 13.2 Å². The average Bonchev–Trinajstić information content (AvgIpc) is 3.14. The van der Waals surface area contributed by atoms with E-state index in [0.717, 1.165) is 22.6 Å². The number of benzene rings is 2. The molecule has 29 heavy (non-hydrogen) atoms. The summed E-state index contributed by atoms with van der Waals surface area (Å²) < 4.78 is 48.4. The van der Waals surface area contributed by atoms with Gasteiger partial charge in [0, 0.05) is 16.5 Å². The Kier molecular flexibility index (Phi) is 6.17. The van der Waals surface area contributed by atoms with E-state index in [9.17, 15) is 18.0 Å². The Morgan fingerprint density at radius 1 is 1.17 bits per heavy atom. The minimum atomic E-state index is -4.38. The number of rotatable bonds is 7. The van der Waals surface area contributed by atoms with Gasteiger partial charge in [0.15, 0.2) is 6.61 Å². The Hall–Kier alpha value is -2.94. The van der Waals surface area contributed by atoms with Crippen LogP contribution in [0, 0.1) is 6.92 Å². The molecule has 1 N–H and O–H groups in total. The van der Waals surface area contributed by atoms with Gasteiger partial charge in [-0.3, -0.25) is 0 Å². The first-order valence-electron chi connectivity index (χ1n) is 8.43. The van der Waals surface area contributed by atoms with Gasteiger partial charge in [0.2, 0.25) is 0 Å². The van der Waals surface area contributed by atoms with E-state index >= 15 is 0 Å². The summed E-state index contributed by atoms with van der Waals surface area (Å²) in [6.45, 7) is 1.41. The molecule has 0 unspecified atom stereocenters. The summed E-state index contributed by atoms with van der Waals surface area (Å²) in [4.78, 5) is 11.5. The highest BCUT2D eigenvalue weighted by molar-refractivity contribution is 7.98.